The van der Waals surface area contributed by atoms with Crippen molar-refractivity contribution in [1.29, 1.82) is 5.26 Å². The first-order chi connectivity index (χ1) is 29.7. The summed E-state index contributed by atoms with van der Waals surface area (Å²) in [6, 6.07) is 24.2. The molecule has 2 N–H and O–H groups in total. The molecule has 0 radical (unpaired) electrons. The monoisotopic (exact) mass is 822 g/mol. The molecule has 4 atom stereocenters. The Balaban J connectivity index is 0.714. The van der Waals surface area contributed by atoms with Crippen molar-refractivity contribution in [2.24, 2.45) is 18.9 Å². The van der Waals surface area contributed by atoms with Crippen LogP contribution in [0.1, 0.15) is 92.2 Å². The van der Waals surface area contributed by atoms with E-state index in [9.17, 15) is 19.6 Å². The largest absolute Gasteiger partial charge is 0.491 e. The van der Waals surface area contributed by atoms with Gasteiger partial charge in [-0.2, -0.15) is 10.4 Å². The molecule has 1 saturated carbocycles. The molecule has 3 saturated heterocycles. The number of nitriles is 1. The standard InChI is InChI=1S/C48H54N8O5/c1-30-25-31(27-55-23-20-32(28-55)29-60-42-7-3-5-39-45(53-54(2)46(39)42)40-17-19-43(57)52-48(40)59)21-24-56(30)36-13-8-33(9-14-36)47(58)51-35-11-15-37(16-12-35)61-41-18-10-34(26-49)44-38(41)6-4-22-50-44/h3-10,13-14,18,22,30-32,35,37,40H,11-12,15-17,19-21,23-25,27-29H2,1-2H3,(H,51,58)(H,52,57,59)/t30-,31+,32-,35?,37?,40?/m1/s1. The fraction of sp³-hybridized carbons (Fsp3) is 0.458. The summed E-state index contributed by atoms with van der Waals surface area (Å²) in [7, 11) is 1.88. The lowest BCUT2D eigenvalue weighted by Crippen LogP contribution is -2.43. The number of pyridine rings is 1. The number of hydrogen-bond acceptors (Lipinski definition) is 10. The van der Waals surface area contributed by atoms with Crippen LogP contribution in [0.3, 0.4) is 0 Å². The third-order valence-electron chi connectivity index (χ3n) is 13.4. The second kappa shape index (κ2) is 17.5. The molecule has 1 unspecified atom stereocenters. The van der Waals surface area contributed by atoms with Crippen molar-refractivity contribution >= 4 is 45.2 Å². The zero-order valence-electron chi connectivity index (χ0n) is 35.0. The lowest BCUT2D eigenvalue weighted by atomic mass is 9.90. The van der Waals surface area contributed by atoms with Crippen molar-refractivity contribution in [3.05, 3.63) is 89.7 Å². The quantitative estimate of drug-likeness (QED) is 0.139. The summed E-state index contributed by atoms with van der Waals surface area (Å²) in [5.41, 5.74) is 4.63. The summed E-state index contributed by atoms with van der Waals surface area (Å²) < 4.78 is 14.7. The fourth-order valence-corrected chi connectivity index (χ4v) is 10.2. The number of rotatable bonds is 11. The van der Waals surface area contributed by atoms with Gasteiger partial charge in [-0.05, 0) is 125 Å². The molecule has 2 aromatic heterocycles. The van der Waals surface area contributed by atoms with Crippen molar-refractivity contribution in [1.82, 2.24) is 30.3 Å². The van der Waals surface area contributed by atoms with Gasteiger partial charge in [-0.1, -0.05) is 12.1 Å². The Morgan fingerprint density at radius 3 is 2.51 bits per heavy atom. The first-order valence-corrected chi connectivity index (χ1v) is 22.0. The van der Waals surface area contributed by atoms with Crippen LogP contribution in [0, 0.1) is 23.2 Å². The Bertz CT molecular complexity index is 2470. The van der Waals surface area contributed by atoms with Gasteiger partial charge >= 0.3 is 0 Å². The van der Waals surface area contributed by atoms with E-state index in [1.54, 1.807) is 16.9 Å². The highest BCUT2D eigenvalue weighted by Gasteiger charge is 2.34. The first-order valence-electron chi connectivity index (χ1n) is 22.0. The van der Waals surface area contributed by atoms with Gasteiger partial charge in [-0.25, -0.2) is 0 Å². The highest BCUT2D eigenvalue weighted by molar-refractivity contribution is 6.03. The number of likely N-dealkylation sites (tertiary alicyclic amines) is 1. The second-order valence-electron chi connectivity index (χ2n) is 17.6. The molecule has 0 spiro atoms. The average molecular weight is 823 g/mol. The molecule has 9 rings (SSSR count). The number of carbonyl (C=O) groups excluding carboxylic acids is 3. The SMILES string of the molecule is C[C@@H]1C[C@@H](CN2CC[C@@H](COc3cccc4c(C5CCC(=O)NC5=O)nn(C)c34)C2)CCN1c1ccc(C(=O)NC2CCC(Oc3ccc(C#N)c4ncccc34)CC2)cc1. The minimum atomic E-state index is -0.443. The molecule has 1 aliphatic carbocycles. The van der Waals surface area contributed by atoms with E-state index in [4.69, 9.17) is 14.6 Å². The molecular weight excluding hydrogens is 769 g/mol. The van der Waals surface area contributed by atoms with Crippen LogP contribution in [0.4, 0.5) is 5.69 Å². The summed E-state index contributed by atoms with van der Waals surface area (Å²) in [5, 5.41) is 21.7. The van der Waals surface area contributed by atoms with Crippen molar-refractivity contribution in [2.75, 3.05) is 37.7 Å². The van der Waals surface area contributed by atoms with Crippen molar-refractivity contribution in [3.8, 4) is 17.6 Å². The van der Waals surface area contributed by atoms with Crippen molar-refractivity contribution < 1.29 is 23.9 Å². The number of imide groups is 1. The number of nitrogens with zero attached hydrogens (tertiary/aromatic N) is 6. The van der Waals surface area contributed by atoms with E-state index in [1.807, 2.05) is 55.6 Å². The van der Waals surface area contributed by atoms with Crippen LogP contribution < -0.4 is 25.0 Å². The molecule has 3 aromatic carbocycles. The summed E-state index contributed by atoms with van der Waals surface area (Å²) in [6.07, 6.45) is 9.26. The van der Waals surface area contributed by atoms with E-state index in [-0.39, 0.29) is 29.9 Å². The van der Waals surface area contributed by atoms with Gasteiger partial charge in [0.2, 0.25) is 11.8 Å². The highest BCUT2D eigenvalue weighted by Crippen LogP contribution is 2.36. The number of para-hydroxylation sites is 1. The van der Waals surface area contributed by atoms with E-state index < -0.39 is 5.92 Å². The Kier molecular flexibility index (Phi) is 11.6. The summed E-state index contributed by atoms with van der Waals surface area (Å²) >= 11 is 0. The molecule has 3 aliphatic heterocycles. The number of amides is 3. The molecule has 4 aliphatic rings. The van der Waals surface area contributed by atoms with Gasteiger partial charge in [0.15, 0.2) is 0 Å². The maximum absolute atomic E-state index is 13.3. The number of ether oxygens (including phenoxy) is 2. The van der Waals surface area contributed by atoms with Crippen LogP contribution in [0.5, 0.6) is 11.5 Å². The molecule has 0 bridgehead atoms. The summed E-state index contributed by atoms with van der Waals surface area (Å²) in [6.45, 7) is 7.13. The lowest BCUT2D eigenvalue weighted by Gasteiger charge is -2.40. The Labute approximate surface area is 356 Å². The minimum Gasteiger partial charge on any atom is -0.491 e. The Morgan fingerprint density at radius 2 is 1.72 bits per heavy atom. The van der Waals surface area contributed by atoms with Gasteiger partial charge in [0.25, 0.3) is 5.91 Å². The number of nitrogens with one attached hydrogen (secondary N) is 2. The molecule has 13 nitrogen and oxygen atoms in total. The lowest BCUT2D eigenvalue weighted by molar-refractivity contribution is -0.134. The number of benzene rings is 3. The van der Waals surface area contributed by atoms with Gasteiger partial charge in [-0.15, -0.1) is 0 Å². The van der Waals surface area contributed by atoms with Gasteiger partial charge in [0, 0.05) is 79.3 Å². The zero-order chi connectivity index (χ0) is 42.0. The van der Waals surface area contributed by atoms with Crippen LogP contribution in [-0.4, -0.2) is 88.4 Å². The molecule has 5 aromatic rings. The zero-order valence-corrected chi connectivity index (χ0v) is 35.0. The van der Waals surface area contributed by atoms with Gasteiger partial charge in [-0.3, -0.25) is 29.4 Å². The maximum atomic E-state index is 13.3. The molecule has 316 valence electrons. The third-order valence-corrected chi connectivity index (χ3v) is 13.4. The molecule has 13 heteroatoms. The number of anilines is 1. The minimum absolute atomic E-state index is 0.0332. The fourth-order valence-electron chi connectivity index (χ4n) is 10.2. The van der Waals surface area contributed by atoms with Crippen LogP contribution in [-0.2, 0) is 16.6 Å². The van der Waals surface area contributed by atoms with Crippen LogP contribution >= 0.6 is 0 Å². The predicted molar refractivity (Wildman–Crippen MR) is 232 cm³/mol. The van der Waals surface area contributed by atoms with Crippen molar-refractivity contribution in [2.45, 2.75) is 88.8 Å². The van der Waals surface area contributed by atoms with E-state index in [1.165, 1.54) is 0 Å². The number of piperidine rings is 2. The third kappa shape index (κ3) is 8.64. The summed E-state index contributed by atoms with van der Waals surface area (Å²) in [5.74, 6) is 1.61. The van der Waals surface area contributed by atoms with Crippen molar-refractivity contribution in [3.63, 3.8) is 0 Å². The number of carbonyl (C=O) groups is 3. The van der Waals surface area contributed by atoms with Gasteiger partial charge < -0.3 is 24.6 Å². The van der Waals surface area contributed by atoms with Crippen LogP contribution in [0.15, 0.2) is 72.9 Å². The van der Waals surface area contributed by atoms with E-state index in [2.05, 4.69) is 50.5 Å². The number of aromatic nitrogens is 3. The normalized spacial score (nSPS) is 24.7. The predicted octanol–water partition coefficient (Wildman–Crippen LogP) is 6.64. The van der Waals surface area contributed by atoms with Crippen LogP contribution in [0.2, 0.25) is 0 Å². The summed E-state index contributed by atoms with van der Waals surface area (Å²) in [4.78, 5) is 47.2. The maximum Gasteiger partial charge on any atom is 0.251 e. The topological polar surface area (TPSA) is 155 Å². The second-order valence-corrected chi connectivity index (χ2v) is 17.6. The number of hydrogen-bond donors (Lipinski definition) is 2. The van der Waals surface area contributed by atoms with Crippen LogP contribution in [0.25, 0.3) is 21.8 Å². The Morgan fingerprint density at radius 1 is 0.918 bits per heavy atom. The average Bonchev–Trinajstić information content (AvgIpc) is 3.87. The molecule has 3 amide bonds. The first kappa shape index (κ1) is 40.4. The smallest absolute Gasteiger partial charge is 0.251 e. The van der Waals surface area contributed by atoms with E-state index in [0.29, 0.717) is 59.7 Å². The van der Waals surface area contributed by atoms with Gasteiger partial charge in [0.05, 0.1) is 35.4 Å². The molecule has 5 heterocycles. The number of aryl methyl sites for hydroxylation is 1. The van der Waals surface area contributed by atoms with E-state index in [0.717, 1.165) is 105 Å². The van der Waals surface area contributed by atoms with E-state index >= 15 is 0 Å². The highest BCUT2D eigenvalue weighted by atomic mass is 16.5. The molecule has 4 fully saturated rings. The Hall–Kier alpha value is -6.00. The van der Waals surface area contributed by atoms with Gasteiger partial charge in [0.1, 0.15) is 23.1 Å². The molecular formula is C48H54N8O5. The molecule has 61 heavy (non-hydrogen) atoms. The number of fused-ring (bicyclic) bond motifs is 2.